The van der Waals surface area contributed by atoms with Crippen LogP contribution in [-0.4, -0.2) is 43.8 Å². The summed E-state index contributed by atoms with van der Waals surface area (Å²) in [6, 6.07) is 28.4. The Morgan fingerprint density at radius 1 is 0.688 bits per heavy atom. The second-order valence-electron chi connectivity index (χ2n) is 9.44. The molecule has 168 valence electrons. The van der Waals surface area contributed by atoms with E-state index in [1.807, 2.05) is 24.3 Å². The van der Waals surface area contributed by atoms with Crippen LogP contribution in [0.25, 0.3) is 0 Å². The van der Waals surface area contributed by atoms with E-state index in [9.17, 15) is 8.42 Å². The number of hydrogen-bond donors (Lipinski definition) is 0. The zero-order chi connectivity index (χ0) is 22.8. The summed E-state index contributed by atoms with van der Waals surface area (Å²) >= 11 is 0. The third-order valence-corrected chi connectivity index (χ3v) is 8.14. The van der Waals surface area contributed by atoms with E-state index in [-0.39, 0.29) is 11.5 Å². The van der Waals surface area contributed by atoms with Gasteiger partial charge < -0.3 is 0 Å². The van der Waals surface area contributed by atoms with E-state index >= 15 is 0 Å². The molecular formula is C27H32N2O2S. The number of benzene rings is 3. The standard InChI is InChI=1S/C27H32N2O2S/c1-27(2,3)24-14-16-25(17-15-24)32(30,31)29-20-18-28(19-21-29)26(22-10-6-4-7-11-22)23-12-8-5-9-13-23/h4-17,26H,18-21H2,1-3H3. The van der Waals surface area contributed by atoms with Gasteiger partial charge in [-0.1, -0.05) is 93.6 Å². The first-order valence-corrected chi connectivity index (χ1v) is 12.7. The van der Waals surface area contributed by atoms with Gasteiger partial charge in [0.25, 0.3) is 0 Å². The normalized spacial score (nSPS) is 16.4. The van der Waals surface area contributed by atoms with Crippen molar-refractivity contribution in [2.24, 2.45) is 0 Å². The van der Waals surface area contributed by atoms with Crippen molar-refractivity contribution in [1.29, 1.82) is 0 Å². The monoisotopic (exact) mass is 448 g/mol. The zero-order valence-electron chi connectivity index (χ0n) is 19.1. The molecule has 0 unspecified atom stereocenters. The van der Waals surface area contributed by atoms with Gasteiger partial charge in [0.15, 0.2) is 0 Å². The van der Waals surface area contributed by atoms with Crippen molar-refractivity contribution in [2.45, 2.75) is 37.1 Å². The molecule has 0 spiro atoms. The molecule has 0 atom stereocenters. The van der Waals surface area contributed by atoms with Gasteiger partial charge in [-0.05, 0) is 34.2 Å². The lowest BCUT2D eigenvalue weighted by Gasteiger charge is -2.39. The maximum Gasteiger partial charge on any atom is 0.243 e. The largest absolute Gasteiger partial charge is 0.290 e. The van der Waals surface area contributed by atoms with Gasteiger partial charge in [-0.2, -0.15) is 4.31 Å². The first kappa shape index (κ1) is 22.7. The van der Waals surface area contributed by atoms with Crippen molar-refractivity contribution in [3.8, 4) is 0 Å². The van der Waals surface area contributed by atoms with Crippen molar-refractivity contribution < 1.29 is 8.42 Å². The Balaban J connectivity index is 1.52. The maximum absolute atomic E-state index is 13.3. The Bertz CT molecular complexity index is 1070. The highest BCUT2D eigenvalue weighted by atomic mass is 32.2. The summed E-state index contributed by atoms with van der Waals surface area (Å²) < 4.78 is 28.2. The molecule has 4 rings (SSSR count). The highest BCUT2D eigenvalue weighted by Gasteiger charge is 2.32. The van der Waals surface area contributed by atoms with Crippen LogP contribution in [0.5, 0.6) is 0 Å². The number of piperazine rings is 1. The minimum Gasteiger partial charge on any atom is -0.290 e. The molecule has 0 saturated carbocycles. The molecule has 4 nitrogen and oxygen atoms in total. The highest BCUT2D eigenvalue weighted by Crippen LogP contribution is 2.31. The predicted octanol–water partition coefficient (Wildman–Crippen LogP) is 5.08. The Labute approximate surface area is 192 Å². The molecular weight excluding hydrogens is 416 g/mol. The van der Waals surface area contributed by atoms with Crippen molar-refractivity contribution >= 4 is 10.0 Å². The summed E-state index contributed by atoms with van der Waals surface area (Å²) in [5.41, 5.74) is 3.59. The second-order valence-corrected chi connectivity index (χ2v) is 11.4. The van der Waals surface area contributed by atoms with E-state index in [4.69, 9.17) is 0 Å². The fourth-order valence-corrected chi connectivity index (χ4v) is 5.79. The lowest BCUT2D eigenvalue weighted by Crippen LogP contribution is -2.49. The lowest BCUT2D eigenvalue weighted by molar-refractivity contribution is 0.156. The van der Waals surface area contributed by atoms with Crippen LogP contribution in [0.3, 0.4) is 0 Å². The first-order valence-electron chi connectivity index (χ1n) is 11.2. The topological polar surface area (TPSA) is 40.6 Å². The molecule has 32 heavy (non-hydrogen) atoms. The van der Waals surface area contributed by atoms with Crippen LogP contribution in [0.1, 0.15) is 43.5 Å². The SMILES string of the molecule is CC(C)(C)c1ccc(S(=O)(=O)N2CCN(C(c3ccccc3)c3ccccc3)CC2)cc1. The molecule has 3 aromatic rings. The summed E-state index contributed by atoms with van der Waals surface area (Å²) in [5.74, 6) is 0. The summed E-state index contributed by atoms with van der Waals surface area (Å²) in [4.78, 5) is 2.76. The number of nitrogens with zero attached hydrogens (tertiary/aromatic N) is 2. The molecule has 1 aliphatic heterocycles. The molecule has 0 N–H and O–H groups in total. The van der Waals surface area contributed by atoms with E-state index in [0.717, 1.165) is 5.56 Å². The number of sulfonamides is 1. The minimum absolute atomic E-state index is 0.00218. The van der Waals surface area contributed by atoms with Gasteiger partial charge in [0.2, 0.25) is 10.0 Å². The highest BCUT2D eigenvalue weighted by molar-refractivity contribution is 7.89. The average molecular weight is 449 g/mol. The van der Waals surface area contributed by atoms with Crippen LogP contribution in [0.15, 0.2) is 89.8 Å². The molecule has 1 saturated heterocycles. The van der Waals surface area contributed by atoms with E-state index in [1.54, 1.807) is 16.4 Å². The summed E-state index contributed by atoms with van der Waals surface area (Å²) in [6.07, 6.45) is 0. The molecule has 0 amide bonds. The third-order valence-electron chi connectivity index (χ3n) is 6.23. The fraction of sp³-hybridized carbons (Fsp3) is 0.333. The van der Waals surface area contributed by atoms with Gasteiger partial charge >= 0.3 is 0 Å². The van der Waals surface area contributed by atoms with Gasteiger partial charge in [-0.25, -0.2) is 8.42 Å². The quantitative estimate of drug-likeness (QED) is 0.547. The summed E-state index contributed by atoms with van der Waals surface area (Å²) in [6.45, 7) is 8.74. The molecule has 1 heterocycles. The van der Waals surface area contributed by atoms with Crippen molar-refractivity contribution in [2.75, 3.05) is 26.2 Å². The van der Waals surface area contributed by atoms with Gasteiger partial charge in [0, 0.05) is 26.2 Å². The first-order chi connectivity index (χ1) is 15.3. The lowest BCUT2D eigenvalue weighted by atomic mass is 9.87. The Hall–Kier alpha value is -2.47. The van der Waals surface area contributed by atoms with Crippen LogP contribution in [-0.2, 0) is 15.4 Å². The van der Waals surface area contributed by atoms with E-state index < -0.39 is 10.0 Å². The number of rotatable bonds is 5. The zero-order valence-corrected chi connectivity index (χ0v) is 19.9. The molecule has 0 aromatic heterocycles. The van der Waals surface area contributed by atoms with Crippen LogP contribution >= 0.6 is 0 Å². The van der Waals surface area contributed by atoms with Crippen LogP contribution in [0.4, 0.5) is 0 Å². The van der Waals surface area contributed by atoms with Crippen LogP contribution in [0, 0.1) is 0 Å². The third kappa shape index (κ3) is 4.80. The summed E-state index contributed by atoms with van der Waals surface area (Å²) in [5, 5.41) is 0. The molecule has 0 aliphatic carbocycles. The molecule has 1 aliphatic rings. The van der Waals surface area contributed by atoms with Gasteiger partial charge in [-0.15, -0.1) is 0 Å². The van der Waals surface area contributed by atoms with Gasteiger partial charge in [0.05, 0.1) is 10.9 Å². The maximum atomic E-state index is 13.3. The van der Waals surface area contributed by atoms with Crippen molar-refractivity contribution in [3.05, 3.63) is 102 Å². The molecule has 5 heteroatoms. The minimum atomic E-state index is -3.50. The van der Waals surface area contributed by atoms with Crippen LogP contribution in [0.2, 0.25) is 0 Å². The van der Waals surface area contributed by atoms with Gasteiger partial charge in [-0.3, -0.25) is 4.90 Å². The smallest absolute Gasteiger partial charge is 0.243 e. The van der Waals surface area contributed by atoms with E-state index in [0.29, 0.717) is 31.1 Å². The van der Waals surface area contributed by atoms with E-state index in [2.05, 4.69) is 74.2 Å². The van der Waals surface area contributed by atoms with Crippen molar-refractivity contribution in [3.63, 3.8) is 0 Å². The van der Waals surface area contributed by atoms with Gasteiger partial charge in [0.1, 0.15) is 0 Å². The average Bonchev–Trinajstić information content (AvgIpc) is 2.81. The Morgan fingerprint density at radius 3 is 1.59 bits per heavy atom. The molecule has 0 radical (unpaired) electrons. The Kier molecular flexibility index (Phi) is 6.52. The Morgan fingerprint density at radius 2 is 1.16 bits per heavy atom. The second kappa shape index (κ2) is 9.18. The summed E-state index contributed by atoms with van der Waals surface area (Å²) in [7, 11) is -3.50. The fourth-order valence-electron chi connectivity index (χ4n) is 4.36. The molecule has 0 bridgehead atoms. The van der Waals surface area contributed by atoms with E-state index in [1.165, 1.54) is 11.1 Å². The predicted molar refractivity (Wildman–Crippen MR) is 130 cm³/mol. The molecule has 3 aromatic carbocycles. The number of hydrogen-bond acceptors (Lipinski definition) is 3. The van der Waals surface area contributed by atoms with Crippen LogP contribution < -0.4 is 0 Å². The van der Waals surface area contributed by atoms with Crippen molar-refractivity contribution in [1.82, 2.24) is 9.21 Å². The molecule has 1 fully saturated rings.